The Balaban J connectivity index is 0.951. The molecule has 0 spiro atoms. The molecule has 0 saturated heterocycles. The van der Waals surface area contributed by atoms with E-state index in [1.54, 1.807) is 0 Å². The van der Waals surface area contributed by atoms with E-state index in [1.807, 2.05) is 12.1 Å². The average molecular weight is 867 g/mol. The molecule has 0 amide bonds. The van der Waals surface area contributed by atoms with Crippen LogP contribution in [-0.4, -0.2) is 19.1 Å². The van der Waals surface area contributed by atoms with E-state index in [0.717, 1.165) is 61.6 Å². The Labute approximate surface area is 394 Å². The molecule has 4 heteroatoms. The van der Waals surface area contributed by atoms with Crippen molar-refractivity contribution < 1.29 is 0 Å². The molecule has 4 nitrogen and oxygen atoms in total. The van der Waals surface area contributed by atoms with Gasteiger partial charge in [-0.2, -0.15) is 0 Å². The van der Waals surface area contributed by atoms with Gasteiger partial charge in [-0.1, -0.05) is 188 Å². The van der Waals surface area contributed by atoms with E-state index in [-0.39, 0.29) is 0 Å². The van der Waals surface area contributed by atoms with Gasteiger partial charge in [-0.05, 0) is 100 Å². The Morgan fingerprint density at radius 1 is 0.221 bits per heavy atom. The summed E-state index contributed by atoms with van der Waals surface area (Å²) in [6.45, 7) is 0. The molecule has 0 unspecified atom stereocenters. The first-order valence-corrected chi connectivity index (χ1v) is 23.1. The highest BCUT2D eigenvalue weighted by atomic mass is 15.0. The molecule has 0 bridgehead atoms. The summed E-state index contributed by atoms with van der Waals surface area (Å²) in [5, 5.41) is 4.85. The molecule has 68 heavy (non-hydrogen) atoms. The maximum atomic E-state index is 5.17. The standard InChI is InChI=1S/C64H42N4/c1-5-18-43(19-6-1)50-36-51(44-20-7-2-8-21-44)39-53(38-50)68-60-30-15-13-28-54(60)56-34-32-48(41-63(56)68)47-33-35-62-57(40-47)55-29-14-16-31-61(55)67(62)52-27-17-26-49(37-52)64-65-58(45-22-9-3-10-23-45)42-59(66-64)46-24-11-4-12-25-46/h1-42H. The van der Waals surface area contributed by atoms with Crippen LogP contribution in [-0.2, 0) is 0 Å². The Kier molecular flexibility index (Phi) is 9.47. The minimum Gasteiger partial charge on any atom is -0.309 e. The fraction of sp³-hybridized carbons (Fsp3) is 0. The molecule has 13 rings (SSSR count). The van der Waals surface area contributed by atoms with E-state index in [1.165, 1.54) is 54.8 Å². The molecule has 3 aromatic heterocycles. The van der Waals surface area contributed by atoms with Crippen LogP contribution in [0, 0.1) is 0 Å². The van der Waals surface area contributed by atoms with Crippen LogP contribution in [0.5, 0.6) is 0 Å². The molecule has 0 radical (unpaired) electrons. The molecule has 3 heterocycles. The van der Waals surface area contributed by atoms with Gasteiger partial charge < -0.3 is 9.13 Å². The second-order valence-electron chi connectivity index (χ2n) is 17.4. The summed E-state index contributed by atoms with van der Waals surface area (Å²) in [7, 11) is 0. The van der Waals surface area contributed by atoms with Crippen molar-refractivity contribution in [1.29, 1.82) is 0 Å². The lowest BCUT2D eigenvalue weighted by Gasteiger charge is -2.14. The molecular formula is C64H42N4. The van der Waals surface area contributed by atoms with E-state index in [2.05, 4.69) is 252 Å². The number of para-hydroxylation sites is 2. The van der Waals surface area contributed by atoms with Gasteiger partial charge in [0.05, 0.1) is 33.5 Å². The molecule has 0 fully saturated rings. The number of rotatable bonds is 8. The first-order chi connectivity index (χ1) is 33.7. The predicted molar refractivity (Wildman–Crippen MR) is 283 cm³/mol. The highest BCUT2D eigenvalue weighted by Gasteiger charge is 2.19. The molecule has 0 atom stereocenters. The lowest BCUT2D eigenvalue weighted by atomic mass is 9.98. The molecule has 0 aliphatic rings. The SMILES string of the molecule is c1ccc(-c2cc(-c3ccccc3)cc(-n3c4ccccc4c4ccc(-c5ccc6c(c5)c5ccccc5n6-c5cccc(-c6nc(-c7ccccc7)cc(-c7ccccc7)n6)c5)cc43)c2)cc1. The molecule has 318 valence electrons. The summed E-state index contributed by atoms with van der Waals surface area (Å²) in [6, 6.07) is 91.3. The molecule has 0 saturated carbocycles. The lowest BCUT2D eigenvalue weighted by Crippen LogP contribution is -1.98. The molecule has 0 aliphatic heterocycles. The second-order valence-corrected chi connectivity index (χ2v) is 17.4. The summed E-state index contributed by atoms with van der Waals surface area (Å²) in [4.78, 5) is 10.3. The van der Waals surface area contributed by atoms with Crippen molar-refractivity contribution in [2.24, 2.45) is 0 Å². The zero-order valence-electron chi connectivity index (χ0n) is 37.0. The lowest BCUT2D eigenvalue weighted by molar-refractivity contribution is 1.16. The maximum Gasteiger partial charge on any atom is 0.160 e. The third-order valence-electron chi connectivity index (χ3n) is 13.3. The monoisotopic (exact) mass is 866 g/mol. The number of hydrogen-bond donors (Lipinski definition) is 0. The van der Waals surface area contributed by atoms with E-state index < -0.39 is 0 Å². The zero-order chi connectivity index (χ0) is 45.0. The van der Waals surface area contributed by atoms with Gasteiger partial charge in [0.15, 0.2) is 5.82 Å². The summed E-state index contributed by atoms with van der Waals surface area (Å²) >= 11 is 0. The van der Waals surface area contributed by atoms with E-state index in [4.69, 9.17) is 9.97 Å². The summed E-state index contributed by atoms with van der Waals surface area (Å²) in [5.41, 5.74) is 18.7. The van der Waals surface area contributed by atoms with Crippen LogP contribution >= 0.6 is 0 Å². The smallest absolute Gasteiger partial charge is 0.160 e. The van der Waals surface area contributed by atoms with Crippen molar-refractivity contribution in [3.63, 3.8) is 0 Å². The van der Waals surface area contributed by atoms with Crippen molar-refractivity contribution in [2.75, 3.05) is 0 Å². The Morgan fingerprint density at radius 3 is 1.26 bits per heavy atom. The minimum atomic E-state index is 0.686. The van der Waals surface area contributed by atoms with Crippen LogP contribution < -0.4 is 0 Å². The average Bonchev–Trinajstić information content (AvgIpc) is 3.94. The van der Waals surface area contributed by atoms with Gasteiger partial charge in [0.25, 0.3) is 0 Å². The Morgan fingerprint density at radius 2 is 0.662 bits per heavy atom. The number of aromatic nitrogens is 4. The zero-order valence-corrected chi connectivity index (χ0v) is 37.0. The van der Waals surface area contributed by atoms with Crippen LogP contribution in [0.4, 0.5) is 0 Å². The van der Waals surface area contributed by atoms with Crippen molar-refractivity contribution >= 4 is 43.6 Å². The van der Waals surface area contributed by atoms with Crippen molar-refractivity contribution in [3.8, 4) is 78.7 Å². The first-order valence-electron chi connectivity index (χ1n) is 23.1. The second kappa shape index (κ2) is 16.4. The highest BCUT2D eigenvalue weighted by molar-refractivity contribution is 6.12. The predicted octanol–water partition coefficient (Wildman–Crippen LogP) is 16.7. The Bertz CT molecular complexity index is 3890. The van der Waals surface area contributed by atoms with E-state index in [0.29, 0.717) is 5.82 Å². The van der Waals surface area contributed by atoms with Gasteiger partial charge in [-0.15, -0.1) is 0 Å². The summed E-state index contributed by atoms with van der Waals surface area (Å²) in [6.07, 6.45) is 0. The number of nitrogens with zero attached hydrogens (tertiary/aromatic N) is 4. The van der Waals surface area contributed by atoms with Crippen molar-refractivity contribution in [2.45, 2.75) is 0 Å². The fourth-order valence-electron chi connectivity index (χ4n) is 10.1. The normalized spacial score (nSPS) is 11.5. The molecule has 13 aromatic rings. The molecule has 0 aliphatic carbocycles. The topological polar surface area (TPSA) is 35.6 Å². The Hall–Kier alpha value is -9.12. The van der Waals surface area contributed by atoms with E-state index >= 15 is 0 Å². The van der Waals surface area contributed by atoms with Gasteiger partial charge in [0.1, 0.15) is 0 Å². The van der Waals surface area contributed by atoms with Gasteiger partial charge in [0, 0.05) is 49.6 Å². The highest BCUT2D eigenvalue weighted by Crippen LogP contribution is 2.40. The van der Waals surface area contributed by atoms with E-state index in [9.17, 15) is 0 Å². The number of fused-ring (bicyclic) bond motifs is 6. The summed E-state index contributed by atoms with van der Waals surface area (Å²) < 4.78 is 4.83. The third kappa shape index (κ3) is 6.86. The third-order valence-corrected chi connectivity index (χ3v) is 13.3. The summed E-state index contributed by atoms with van der Waals surface area (Å²) in [5.74, 6) is 0.686. The number of benzene rings is 10. The fourth-order valence-corrected chi connectivity index (χ4v) is 10.1. The van der Waals surface area contributed by atoms with Crippen molar-refractivity contribution in [3.05, 3.63) is 255 Å². The molecular weight excluding hydrogens is 825 g/mol. The van der Waals surface area contributed by atoms with Crippen LogP contribution in [0.25, 0.3) is 122 Å². The van der Waals surface area contributed by atoms with Gasteiger partial charge >= 0.3 is 0 Å². The molecule has 0 N–H and O–H groups in total. The maximum absolute atomic E-state index is 5.17. The van der Waals surface area contributed by atoms with Crippen LogP contribution in [0.3, 0.4) is 0 Å². The van der Waals surface area contributed by atoms with Crippen molar-refractivity contribution in [1.82, 2.24) is 19.1 Å². The van der Waals surface area contributed by atoms with Gasteiger partial charge in [-0.25, -0.2) is 9.97 Å². The largest absolute Gasteiger partial charge is 0.309 e. The first kappa shape index (κ1) is 39.3. The quantitative estimate of drug-likeness (QED) is 0.153. The van der Waals surface area contributed by atoms with Gasteiger partial charge in [0.2, 0.25) is 0 Å². The van der Waals surface area contributed by atoms with Crippen LogP contribution in [0.15, 0.2) is 255 Å². The minimum absolute atomic E-state index is 0.686. The van der Waals surface area contributed by atoms with Crippen LogP contribution in [0.2, 0.25) is 0 Å². The van der Waals surface area contributed by atoms with Crippen LogP contribution in [0.1, 0.15) is 0 Å². The molecule has 10 aromatic carbocycles. The van der Waals surface area contributed by atoms with Gasteiger partial charge in [-0.3, -0.25) is 0 Å². The number of hydrogen-bond acceptors (Lipinski definition) is 2.